The average Bonchev–Trinajstić information content (AvgIpc) is 2.29. The fourth-order valence-electron chi connectivity index (χ4n) is 3.09. The number of rotatable bonds is 2. The number of amides is 1. The molecule has 2 fully saturated rings. The predicted molar refractivity (Wildman–Crippen MR) is 66.3 cm³/mol. The fraction of sp³-hybridized carbons (Fsp3) is 0.923. The summed E-state index contributed by atoms with van der Waals surface area (Å²) in [5, 5.41) is 12.6. The number of carbonyl (C=O) groups excluding carboxylic acids is 1. The maximum Gasteiger partial charge on any atom is 0.224 e. The SMILES string of the molecule is NC1CCCCC1C(=O)NC1CCCC(O)C1. The van der Waals surface area contributed by atoms with Gasteiger partial charge in [0.15, 0.2) is 0 Å². The Labute approximate surface area is 103 Å². The highest BCUT2D eigenvalue weighted by Gasteiger charge is 2.30. The molecule has 4 atom stereocenters. The standard InChI is InChI=1S/C13H24N2O2/c14-12-7-2-1-6-11(12)13(17)15-9-4-3-5-10(16)8-9/h9-12,16H,1-8,14H2,(H,15,17). The Morgan fingerprint density at radius 1 is 1.12 bits per heavy atom. The molecule has 2 aliphatic carbocycles. The third kappa shape index (κ3) is 3.42. The van der Waals surface area contributed by atoms with Gasteiger partial charge in [0.25, 0.3) is 0 Å². The topological polar surface area (TPSA) is 75.4 Å². The lowest BCUT2D eigenvalue weighted by Crippen LogP contribution is -2.48. The van der Waals surface area contributed by atoms with Crippen molar-refractivity contribution in [3.05, 3.63) is 0 Å². The van der Waals surface area contributed by atoms with Crippen molar-refractivity contribution < 1.29 is 9.90 Å². The summed E-state index contributed by atoms with van der Waals surface area (Å²) >= 11 is 0. The van der Waals surface area contributed by atoms with E-state index >= 15 is 0 Å². The molecule has 4 unspecified atom stereocenters. The molecule has 17 heavy (non-hydrogen) atoms. The molecule has 0 aromatic heterocycles. The maximum atomic E-state index is 12.1. The van der Waals surface area contributed by atoms with Crippen LogP contribution in [0.4, 0.5) is 0 Å². The second-order valence-electron chi connectivity index (χ2n) is 5.58. The lowest BCUT2D eigenvalue weighted by Gasteiger charge is -2.31. The van der Waals surface area contributed by atoms with E-state index in [1.165, 1.54) is 0 Å². The molecular formula is C13H24N2O2. The molecule has 4 nitrogen and oxygen atoms in total. The summed E-state index contributed by atoms with van der Waals surface area (Å²) in [7, 11) is 0. The summed E-state index contributed by atoms with van der Waals surface area (Å²) in [6, 6.07) is 0.178. The Kier molecular flexibility index (Phi) is 4.40. The van der Waals surface area contributed by atoms with Gasteiger partial charge in [0.05, 0.1) is 12.0 Å². The van der Waals surface area contributed by atoms with E-state index in [0.717, 1.165) is 44.9 Å². The summed E-state index contributed by atoms with van der Waals surface area (Å²) < 4.78 is 0. The smallest absolute Gasteiger partial charge is 0.224 e. The Hall–Kier alpha value is -0.610. The maximum absolute atomic E-state index is 12.1. The summed E-state index contributed by atoms with van der Waals surface area (Å²) in [4.78, 5) is 12.1. The van der Waals surface area contributed by atoms with E-state index in [4.69, 9.17) is 5.73 Å². The average molecular weight is 240 g/mol. The number of nitrogens with two attached hydrogens (primary N) is 1. The van der Waals surface area contributed by atoms with Crippen molar-refractivity contribution >= 4 is 5.91 Å². The predicted octanol–water partition coefficient (Wildman–Crippen LogP) is 0.924. The van der Waals surface area contributed by atoms with Crippen LogP contribution in [0.5, 0.6) is 0 Å². The van der Waals surface area contributed by atoms with Crippen molar-refractivity contribution in [2.45, 2.75) is 69.6 Å². The minimum absolute atomic E-state index is 0.0113. The van der Waals surface area contributed by atoms with E-state index in [-0.39, 0.29) is 30.0 Å². The summed E-state index contributed by atoms with van der Waals surface area (Å²) in [6.45, 7) is 0. The minimum atomic E-state index is -0.242. The molecule has 2 saturated carbocycles. The van der Waals surface area contributed by atoms with E-state index in [0.29, 0.717) is 6.42 Å². The second-order valence-corrected chi connectivity index (χ2v) is 5.58. The molecule has 0 radical (unpaired) electrons. The molecule has 2 aliphatic rings. The van der Waals surface area contributed by atoms with E-state index in [2.05, 4.69) is 5.32 Å². The molecule has 1 amide bonds. The molecule has 0 aromatic carbocycles. The van der Waals surface area contributed by atoms with Crippen molar-refractivity contribution in [3.8, 4) is 0 Å². The summed E-state index contributed by atoms with van der Waals surface area (Å²) in [5.41, 5.74) is 6.00. The number of nitrogens with one attached hydrogen (secondary N) is 1. The van der Waals surface area contributed by atoms with Crippen molar-refractivity contribution in [2.75, 3.05) is 0 Å². The zero-order chi connectivity index (χ0) is 12.3. The zero-order valence-electron chi connectivity index (χ0n) is 10.4. The minimum Gasteiger partial charge on any atom is -0.393 e. The van der Waals surface area contributed by atoms with Gasteiger partial charge in [-0.2, -0.15) is 0 Å². The monoisotopic (exact) mass is 240 g/mol. The molecule has 2 rings (SSSR count). The number of aliphatic hydroxyl groups excluding tert-OH is 1. The van der Waals surface area contributed by atoms with Gasteiger partial charge in [0, 0.05) is 12.1 Å². The van der Waals surface area contributed by atoms with Crippen LogP contribution in [0.2, 0.25) is 0 Å². The molecule has 0 aliphatic heterocycles. The quantitative estimate of drug-likeness (QED) is 0.672. The Balaban J connectivity index is 1.83. The molecule has 0 saturated heterocycles. The Morgan fingerprint density at radius 3 is 2.59 bits per heavy atom. The van der Waals surface area contributed by atoms with Gasteiger partial charge in [0.2, 0.25) is 5.91 Å². The van der Waals surface area contributed by atoms with Gasteiger partial charge >= 0.3 is 0 Å². The third-order valence-corrected chi connectivity index (χ3v) is 4.15. The molecule has 4 heteroatoms. The van der Waals surface area contributed by atoms with Crippen molar-refractivity contribution in [2.24, 2.45) is 11.7 Å². The highest BCUT2D eigenvalue weighted by molar-refractivity contribution is 5.79. The van der Waals surface area contributed by atoms with E-state index < -0.39 is 0 Å². The molecule has 0 aromatic rings. The van der Waals surface area contributed by atoms with Gasteiger partial charge in [-0.05, 0) is 38.5 Å². The van der Waals surface area contributed by atoms with Crippen LogP contribution < -0.4 is 11.1 Å². The van der Waals surface area contributed by atoms with Gasteiger partial charge in [-0.25, -0.2) is 0 Å². The fourth-order valence-corrected chi connectivity index (χ4v) is 3.09. The number of hydrogen-bond acceptors (Lipinski definition) is 3. The van der Waals surface area contributed by atoms with Gasteiger partial charge in [-0.15, -0.1) is 0 Å². The van der Waals surface area contributed by atoms with Crippen LogP contribution in [-0.2, 0) is 4.79 Å². The van der Waals surface area contributed by atoms with Gasteiger partial charge in [0.1, 0.15) is 0 Å². The lowest BCUT2D eigenvalue weighted by atomic mass is 9.84. The van der Waals surface area contributed by atoms with Crippen LogP contribution in [0.1, 0.15) is 51.4 Å². The zero-order valence-corrected chi connectivity index (χ0v) is 10.4. The van der Waals surface area contributed by atoms with Crippen LogP contribution >= 0.6 is 0 Å². The van der Waals surface area contributed by atoms with Crippen LogP contribution in [0, 0.1) is 5.92 Å². The Bertz CT molecular complexity index is 270. The largest absolute Gasteiger partial charge is 0.393 e. The third-order valence-electron chi connectivity index (χ3n) is 4.15. The van der Waals surface area contributed by atoms with Crippen LogP contribution in [0.15, 0.2) is 0 Å². The normalized spacial score (nSPS) is 38.7. The molecule has 98 valence electrons. The first kappa shape index (κ1) is 12.8. The van der Waals surface area contributed by atoms with Crippen LogP contribution in [-0.4, -0.2) is 29.2 Å². The van der Waals surface area contributed by atoms with E-state index in [1.54, 1.807) is 0 Å². The molecular weight excluding hydrogens is 216 g/mol. The van der Waals surface area contributed by atoms with E-state index in [1.807, 2.05) is 0 Å². The molecule has 0 spiro atoms. The highest BCUT2D eigenvalue weighted by atomic mass is 16.3. The summed E-state index contributed by atoms with van der Waals surface area (Å²) in [5.74, 6) is 0.0964. The second kappa shape index (κ2) is 5.83. The van der Waals surface area contributed by atoms with Crippen LogP contribution in [0.3, 0.4) is 0 Å². The van der Waals surface area contributed by atoms with Gasteiger partial charge < -0.3 is 16.2 Å². The van der Waals surface area contributed by atoms with Crippen molar-refractivity contribution in [1.82, 2.24) is 5.32 Å². The first-order valence-corrected chi connectivity index (χ1v) is 6.91. The molecule has 0 bridgehead atoms. The van der Waals surface area contributed by atoms with Crippen molar-refractivity contribution in [3.63, 3.8) is 0 Å². The van der Waals surface area contributed by atoms with Gasteiger partial charge in [-0.1, -0.05) is 12.8 Å². The van der Waals surface area contributed by atoms with Crippen LogP contribution in [0.25, 0.3) is 0 Å². The number of carbonyl (C=O) groups is 1. The summed E-state index contributed by atoms with van der Waals surface area (Å²) in [6.07, 6.45) is 7.46. The van der Waals surface area contributed by atoms with E-state index in [9.17, 15) is 9.90 Å². The Morgan fingerprint density at radius 2 is 1.88 bits per heavy atom. The lowest BCUT2D eigenvalue weighted by molar-refractivity contribution is -0.127. The number of aliphatic hydroxyl groups is 1. The van der Waals surface area contributed by atoms with Crippen molar-refractivity contribution in [1.29, 1.82) is 0 Å². The molecule has 0 heterocycles. The highest BCUT2D eigenvalue weighted by Crippen LogP contribution is 2.24. The number of hydrogen-bond donors (Lipinski definition) is 3. The first-order chi connectivity index (χ1) is 8.16. The first-order valence-electron chi connectivity index (χ1n) is 6.91. The van der Waals surface area contributed by atoms with Gasteiger partial charge in [-0.3, -0.25) is 4.79 Å². The molecule has 4 N–H and O–H groups in total.